The van der Waals surface area contributed by atoms with Crippen LogP contribution in [0.3, 0.4) is 0 Å². The van der Waals surface area contributed by atoms with Crippen molar-refractivity contribution in [3.8, 4) is 22.6 Å². The number of benzene rings is 3. The number of rotatable bonds is 13. The summed E-state index contributed by atoms with van der Waals surface area (Å²) in [5.74, 6) is -1.99. The standard InChI is InChI=1S/C28H33N3O9S2/c1-4-5-8-19-9-6-7-10-22(19)23-13-11-20(26(40-39-18(2)32)27(23)41(3,35)36)15-16-30-42(37,38)25-17-21(28(29)31-34)12-14-24(25)33/h6-7,9-14,17,30,33-34H,4-5,8,15-16H2,1-3H3,(H2,29,31). The number of aryl methyl sites for hydroxylation is 1. The van der Waals surface area contributed by atoms with Crippen LogP contribution in [0.2, 0.25) is 0 Å². The number of hydrogen-bond acceptors (Lipinski definition) is 10. The summed E-state index contributed by atoms with van der Waals surface area (Å²) in [5, 5.41) is 21.9. The van der Waals surface area contributed by atoms with E-state index in [-0.39, 0.29) is 40.6 Å². The third-order valence-corrected chi connectivity index (χ3v) is 8.89. The minimum absolute atomic E-state index is 0.0559. The van der Waals surface area contributed by atoms with Gasteiger partial charge in [-0.25, -0.2) is 26.4 Å². The Balaban J connectivity index is 2.04. The fourth-order valence-electron chi connectivity index (χ4n) is 4.28. The van der Waals surface area contributed by atoms with Crippen LogP contribution >= 0.6 is 0 Å². The molecule has 0 amide bonds. The third-order valence-electron chi connectivity index (χ3n) is 6.25. The normalized spacial score (nSPS) is 12.2. The molecule has 5 N–H and O–H groups in total. The monoisotopic (exact) mass is 619 g/mol. The summed E-state index contributed by atoms with van der Waals surface area (Å²) in [6, 6.07) is 13.9. The number of hydrogen-bond donors (Lipinski definition) is 4. The Bertz CT molecular complexity index is 1700. The lowest BCUT2D eigenvalue weighted by Gasteiger charge is -2.18. The van der Waals surface area contributed by atoms with Gasteiger partial charge in [0.1, 0.15) is 15.5 Å². The molecule has 0 saturated heterocycles. The molecule has 0 unspecified atom stereocenters. The van der Waals surface area contributed by atoms with Crippen molar-refractivity contribution in [1.29, 1.82) is 0 Å². The van der Waals surface area contributed by atoms with Gasteiger partial charge in [0, 0.05) is 36.4 Å². The molecule has 0 aliphatic heterocycles. The van der Waals surface area contributed by atoms with Crippen molar-refractivity contribution < 1.29 is 41.7 Å². The molecule has 3 aromatic rings. The van der Waals surface area contributed by atoms with Crippen molar-refractivity contribution in [2.75, 3.05) is 12.8 Å². The molecule has 14 heteroatoms. The molecule has 0 atom stereocenters. The maximum atomic E-state index is 13.1. The van der Waals surface area contributed by atoms with E-state index in [0.717, 1.165) is 43.7 Å². The van der Waals surface area contributed by atoms with E-state index in [9.17, 15) is 26.7 Å². The highest BCUT2D eigenvalue weighted by molar-refractivity contribution is 7.91. The molecule has 0 fully saturated rings. The lowest BCUT2D eigenvalue weighted by molar-refractivity contribution is -0.212. The van der Waals surface area contributed by atoms with Crippen molar-refractivity contribution >= 4 is 31.7 Å². The minimum atomic E-state index is -4.30. The molecular formula is C28H33N3O9S2. The summed E-state index contributed by atoms with van der Waals surface area (Å²) in [5.41, 5.74) is 7.78. The van der Waals surface area contributed by atoms with E-state index in [0.29, 0.717) is 17.5 Å². The molecule has 0 aliphatic rings. The summed E-state index contributed by atoms with van der Waals surface area (Å²) in [7, 11) is -8.27. The first-order valence-corrected chi connectivity index (χ1v) is 16.3. The van der Waals surface area contributed by atoms with Crippen molar-refractivity contribution in [2.24, 2.45) is 10.9 Å². The second-order valence-electron chi connectivity index (χ2n) is 9.44. The number of phenolic OH excluding ortho intramolecular Hbond substituents is 1. The third kappa shape index (κ3) is 7.78. The lowest BCUT2D eigenvalue weighted by atomic mass is 9.94. The maximum absolute atomic E-state index is 13.1. The Morgan fingerprint density at radius 3 is 2.36 bits per heavy atom. The van der Waals surface area contributed by atoms with E-state index in [2.05, 4.69) is 16.8 Å². The minimum Gasteiger partial charge on any atom is -0.507 e. The van der Waals surface area contributed by atoms with Crippen LogP contribution in [-0.2, 0) is 42.4 Å². The highest BCUT2D eigenvalue weighted by Crippen LogP contribution is 2.39. The van der Waals surface area contributed by atoms with Gasteiger partial charge in [-0.05, 0) is 48.6 Å². The molecule has 0 bridgehead atoms. The second kappa shape index (κ2) is 13.7. The summed E-state index contributed by atoms with van der Waals surface area (Å²) >= 11 is 0. The van der Waals surface area contributed by atoms with Crippen molar-refractivity contribution in [2.45, 2.75) is 49.3 Å². The molecular weight excluding hydrogens is 586 g/mol. The molecule has 0 aliphatic carbocycles. The van der Waals surface area contributed by atoms with Gasteiger partial charge in [0.2, 0.25) is 15.8 Å². The Labute approximate surface area is 244 Å². The maximum Gasteiger partial charge on any atom is 0.352 e. The number of phenols is 1. The predicted octanol–water partition coefficient (Wildman–Crippen LogP) is 3.28. The summed E-state index contributed by atoms with van der Waals surface area (Å²) < 4.78 is 54.6. The zero-order valence-corrected chi connectivity index (χ0v) is 25.0. The predicted molar refractivity (Wildman–Crippen MR) is 156 cm³/mol. The van der Waals surface area contributed by atoms with Crippen molar-refractivity contribution in [3.05, 3.63) is 71.3 Å². The first kappa shape index (κ1) is 32.4. The molecule has 0 radical (unpaired) electrons. The quantitative estimate of drug-likeness (QED) is 0.0725. The lowest BCUT2D eigenvalue weighted by Crippen LogP contribution is -2.27. The van der Waals surface area contributed by atoms with E-state index in [1.54, 1.807) is 24.3 Å². The largest absolute Gasteiger partial charge is 0.507 e. The van der Waals surface area contributed by atoms with Gasteiger partial charge in [0.05, 0.1) is 0 Å². The number of carbonyl (C=O) groups is 1. The number of amidine groups is 1. The average Bonchev–Trinajstić information content (AvgIpc) is 2.94. The summed E-state index contributed by atoms with van der Waals surface area (Å²) in [6.45, 7) is 2.88. The fourth-order valence-corrected chi connectivity index (χ4v) is 6.52. The zero-order chi connectivity index (χ0) is 31.1. The number of nitrogens with two attached hydrogens (primary N) is 1. The summed E-state index contributed by atoms with van der Waals surface area (Å²) in [4.78, 5) is 20.9. The first-order chi connectivity index (χ1) is 19.8. The van der Waals surface area contributed by atoms with Gasteiger partial charge in [-0.1, -0.05) is 54.9 Å². The van der Waals surface area contributed by atoms with Gasteiger partial charge < -0.3 is 16.0 Å². The molecule has 0 saturated carbocycles. The average molecular weight is 620 g/mol. The number of sulfone groups is 1. The number of aromatic hydroxyl groups is 1. The van der Waals surface area contributed by atoms with Gasteiger partial charge >= 0.3 is 5.97 Å². The number of nitrogens with one attached hydrogen (secondary N) is 1. The van der Waals surface area contributed by atoms with Crippen LogP contribution in [0.4, 0.5) is 0 Å². The molecule has 226 valence electrons. The van der Waals surface area contributed by atoms with Crippen LogP contribution in [0.25, 0.3) is 11.1 Å². The molecule has 12 nitrogen and oxygen atoms in total. The number of nitrogens with zero attached hydrogens (tertiary/aromatic N) is 1. The van der Waals surface area contributed by atoms with Crippen molar-refractivity contribution in [3.63, 3.8) is 0 Å². The van der Waals surface area contributed by atoms with Gasteiger partial charge in [0.25, 0.3) is 0 Å². The summed E-state index contributed by atoms with van der Waals surface area (Å²) in [6.07, 6.45) is 3.45. The Morgan fingerprint density at radius 2 is 1.71 bits per heavy atom. The number of carbonyl (C=O) groups excluding carboxylic acids is 1. The van der Waals surface area contributed by atoms with Crippen LogP contribution in [0.15, 0.2) is 69.5 Å². The van der Waals surface area contributed by atoms with Gasteiger partial charge in [-0.2, -0.15) is 0 Å². The van der Waals surface area contributed by atoms with Crippen LogP contribution < -0.4 is 15.3 Å². The topological polar surface area (TPSA) is 195 Å². The molecule has 0 aromatic heterocycles. The van der Waals surface area contributed by atoms with Crippen LogP contribution in [0, 0.1) is 0 Å². The molecule has 0 heterocycles. The number of oxime groups is 1. The number of sulfonamides is 1. The van der Waals surface area contributed by atoms with E-state index in [4.69, 9.17) is 20.7 Å². The van der Waals surface area contributed by atoms with E-state index >= 15 is 0 Å². The van der Waals surface area contributed by atoms with Crippen LogP contribution in [0.1, 0.15) is 43.4 Å². The molecule has 0 spiro atoms. The molecule has 3 aromatic carbocycles. The molecule has 42 heavy (non-hydrogen) atoms. The van der Waals surface area contributed by atoms with E-state index < -0.39 is 36.5 Å². The Kier molecular flexibility index (Phi) is 10.5. The molecule has 3 rings (SSSR count). The Hall–Kier alpha value is -4.14. The van der Waals surface area contributed by atoms with E-state index in [1.807, 2.05) is 12.1 Å². The highest BCUT2D eigenvalue weighted by atomic mass is 32.2. The Morgan fingerprint density at radius 1 is 1.00 bits per heavy atom. The van der Waals surface area contributed by atoms with Gasteiger partial charge in [0.15, 0.2) is 15.7 Å². The fraction of sp³-hybridized carbons (Fsp3) is 0.286. The van der Waals surface area contributed by atoms with Crippen LogP contribution in [0.5, 0.6) is 11.5 Å². The van der Waals surface area contributed by atoms with E-state index in [1.165, 1.54) is 6.07 Å². The smallest absolute Gasteiger partial charge is 0.352 e. The van der Waals surface area contributed by atoms with Gasteiger partial charge in [-0.3, -0.25) is 9.78 Å². The number of unbranched alkanes of at least 4 members (excludes halogenated alkanes) is 1. The second-order valence-corrected chi connectivity index (χ2v) is 13.1. The first-order valence-electron chi connectivity index (χ1n) is 12.9. The zero-order valence-electron chi connectivity index (χ0n) is 23.3. The van der Waals surface area contributed by atoms with Gasteiger partial charge in [-0.15, -0.1) is 0 Å². The highest BCUT2D eigenvalue weighted by Gasteiger charge is 2.27. The van der Waals surface area contributed by atoms with Crippen molar-refractivity contribution in [1.82, 2.24) is 4.72 Å². The SMILES string of the molecule is CCCCc1ccccc1-c1ccc(CCNS(=O)(=O)c2cc(C(N)=NO)ccc2O)c(OOC(C)=O)c1S(C)(=O)=O. The van der Waals surface area contributed by atoms with Crippen LogP contribution in [-0.4, -0.2) is 51.8 Å².